The number of carbonyl (C=O) groups excluding carboxylic acids is 1. The third kappa shape index (κ3) is 4.01. The lowest BCUT2D eigenvalue weighted by Crippen LogP contribution is -2.49. The normalized spacial score (nSPS) is 17.3. The number of hydrogen-bond acceptors (Lipinski definition) is 7. The maximum atomic E-state index is 12.9. The monoisotopic (exact) mass is 441 g/mol. The Morgan fingerprint density at radius 3 is 2.83 bits per heavy atom. The first kappa shape index (κ1) is 19.7. The zero-order valence-corrected chi connectivity index (χ0v) is 18.3. The molecule has 1 fully saturated rings. The molecule has 0 bridgehead atoms. The van der Waals surface area contributed by atoms with Crippen LogP contribution in [-0.2, 0) is 18.7 Å². The first-order valence-corrected chi connectivity index (χ1v) is 12.2. The summed E-state index contributed by atoms with van der Waals surface area (Å²) in [5, 5.41) is 4.60. The van der Waals surface area contributed by atoms with Gasteiger partial charge in [0.15, 0.2) is 0 Å². The average Bonchev–Trinajstić information content (AvgIpc) is 3.25. The first-order chi connectivity index (χ1) is 14.7. The maximum Gasteiger partial charge on any atom is 0.267 e. The van der Waals surface area contributed by atoms with Gasteiger partial charge >= 0.3 is 0 Å². The van der Waals surface area contributed by atoms with E-state index in [1.54, 1.807) is 27.6 Å². The molecular weight excluding hydrogens is 418 g/mol. The van der Waals surface area contributed by atoms with Crippen molar-refractivity contribution in [2.75, 3.05) is 38.5 Å². The van der Waals surface area contributed by atoms with Crippen molar-refractivity contribution in [2.24, 2.45) is 0 Å². The molecule has 2 aliphatic rings. The average molecular weight is 442 g/mol. The number of aromatic nitrogens is 3. The number of rotatable bonds is 4. The van der Waals surface area contributed by atoms with E-state index in [1.165, 1.54) is 0 Å². The number of benzene rings is 1. The SMILES string of the molecule is O=C(c1ccc2ncsc2c1)N1CCN(CCn2nc3c(cc2=O)CSCC3)CC1. The number of carbonyl (C=O) groups is 1. The van der Waals surface area contributed by atoms with Crippen molar-refractivity contribution in [1.29, 1.82) is 0 Å². The van der Waals surface area contributed by atoms with Crippen LogP contribution in [0.1, 0.15) is 21.6 Å². The fourth-order valence-corrected chi connectivity index (χ4v) is 5.66. The van der Waals surface area contributed by atoms with E-state index in [0.717, 1.165) is 64.6 Å². The lowest BCUT2D eigenvalue weighted by molar-refractivity contribution is 0.0631. The Bertz CT molecular complexity index is 1130. The van der Waals surface area contributed by atoms with Crippen LogP contribution in [0.2, 0.25) is 0 Å². The van der Waals surface area contributed by atoms with Crippen LogP contribution < -0.4 is 5.56 Å². The zero-order valence-electron chi connectivity index (χ0n) is 16.6. The minimum absolute atomic E-state index is 0.0106. The van der Waals surface area contributed by atoms with Gasteiger partial charge in [0, 0.05) is 56.5 Å². The molecule has 0 radical (unpaired) electrons. The van der Waals surface area contributed by atoms with Crippen LogP contribution in [0.3, 0.4) is 0 Å². The smallest absolute Gasteiger partial charge is 0.267 e. The van der Waals surface area contributed by atoms with E-state index >= 15 is 0 Å². The van der Waals surface area contributed by atoms with E-state index in [2.05, 4.69) is 15.0 Å². The summed E-state index contributed by atoms with van der Waals surface area (Å²) >= 11 is 3.41. The molecule has 1 aromatic carbocycles. The summed E-state index contributed by atoms with van der Waals surface area (Å²) in [5.41, 5.74) is 5.62. The number of piperazine rings is 1. The molecule has 5 rings (SSSR count). The van der Waals surface area contributed by atoms with Gasteiger partial charge in [0.2, 0.25) is 0 Å². The molecule has 4 heterocycles. The Hall–Kier alpha value is -2.23. The molecule has 0 spiro atoms. The van der Waals surface area contributed by atoms with Gasteiger partial charge in [0.25, 0.3) is 11.5 Å². The van der Waals surface area contributed by atoms with Crippen LogP contribution in [0, 0.1) is 0 Å². The minimum atomic E-state index is -0.0106. The summed E-state index contributed by atoms with van der Waals surface area (Å²) in [7, 11) is 0. The minimum Gasteiger partial charge on any atom is -0.336 e. The van der Waals surface area contributed by atoms with Crippen LogP contribution in [0.4, 0.5) is 0 Å². The van der Waals surface area contributed by atoms with E-state index in [1.807, 2.05) is 34.9 Å². The number of amides is 1. The second kappa shape index (κ2) is 8.49. The Morgan fingerprint density at radius 1 is 1.10 bits per heavy atom. The van der Waals surface area contributed by atoms with Crippen molar-refractivity contribution in [3.05, 3.63) is 57.0 Å². The highest BCUT2D eigenvalue weighted by Gasteiger charge is 2.23. The van der Waals surface area contributed by atoms with Crippen molar-refractivity contribution >= 4 is 39.2 Å². The summed E-state index contributed by atoms with van der Waals surface area (Å²) in [6.45, 7) is 4.38. The van der Waals surface area contributed by atoms with Crippen LogP contribution in [-0.4, -0.2) is 68.9 Å². The van der Waals surface area contributed by atoms with E-state index in [4.69, 9.17) is 0 Å². The lowest BCUT2D eigenvalue weighted by atomic mass is 10.1. The third-order valence-corrected chi connectivity index (χ3v) is 7.57. The van der Waals surface area contributed by atoms with Crippen molar-refractivity contribution in [3.63, 3.8) is 0 Å². The Balaban J connectivity index is 1.17. The van der Waals surface area contributed by atoms with Gasteiger partial charge in [-0.2, -0.15) is 16.9 Å². The Labute approximate surface area is 182 Å². The second-order valence-electron chi connectivity index (χ2n) is 7.65. The zero-order chi connectivity index (χ0) is 20.5. The topological polar surface area (TPSA) is 71.3 Å². The number of fused-ring (bicyclic) bond motifs is 2. The third-order valence-electron chi connectivity index (χ3n) is 5.77. The van der Waals surface area contributed by atoms with Gasteiger partial charge in [-0.05, 0) is 29.5 Å². The quantitative estimate of drug-likeness (QED) is 0.618. The largest absolute Gasteiger partial charge is 0.336 e. The second-order valence-corrected chi connectivity index (χ2v) is 9.64. The molecule has 30 heavy (non-hydrogen) atoms. The van der Waals surface area contributed by atoms with Gasteiger partial charge in [0.1, 0.15) is 0 Å². The van der Waals surface area contributed by atoms with E-state index in [9.17, 15) is 9.59 Å². The van der Waals surface area contributed by atoms with Crippen LogP contribution >= 0.6 is 23.1 Å². The van der Waals surface area contributed by atoms with Crippen molar-refractivity contribution in [2.45, 2.75) is 18.7 Å². The van der Waals surface area contributed by atoms with Crippen molar-refractivity contribution in [1.82, 2.24) is 24.6 Å². The predicted octanol–water partition coefficient (Wildman–Crippen LogP) is 2.10. The van der Waals surface area contributed by atoms with Crippen LogP contribution in [0.15, 0.2) is 34.6 Å². The van der Waals surface area contributed by atoms with Gasteiger partial charge in [-0.15, -0.1) is 11.3 Å². The van der Waals surface area contributed by atoms with Gasteiger partial charge in [-0.1, -0.05) is 0 Å². The molecule has 1 amide bonds. The highest BCUT2D eigenvalue weighted by atomic mass is 32.2. The van der Waals surface area contributed by atoms with E-state index < -0.39 is 0 Å². The molecule has 3 aromatic rings. The summed E-state index contributed by atoms with van der Waals surface area (Å²) < 4.78 is 2.65. The van der Waals surface area contributed by atoms with Gasteiger partial charge in [0.05, 0.1) is 28.0 Å². The number of nitrogens with zero attached hydrogens (tertiary/aromatic N) is 5. The molecule has 0 atom stereocenters. The standard InChI is InChI=1S/C21H23N5O2S2/c27-20-12-16-13-29-10-3-17(16)23-26(20)9-6-24-4-7-25(8-5-24)21(28)15-1-2-18-19(11-15)30-14-22-18/h1-2,11-12,14H,3-10,13H2. The molecule has 0 unspecified atom stereocenters. The first-order valence-electron chi connectivity index (χ1n) is 10.2. The number of aryl methyl sites for hydroxylation is 1. The van der Waals surface area contributed by atoms with Crippen LogP contribution in [0.5, 0.6) is 0 Å². The number of thiazole rings is 1. The summed E-state index contributed by atoms with van der Waals surface area (Å²) in [5.74, 6) is 2.05. The van der Waals surface area contributed by atoms with E-state index in [0.29, 0.717) is 19.6 Å². The highest BCUT2D eigenvalue weighted by molar-refractivity contribution is 7.98. The molecule has 9 heteroatoms. The summed E-state index contributed by atoms with van der Waals surface area (Å²) in [6.07, 6.45) is 0.939. The predicted molar refractivity (Wildman–Crippen MR) is 120 cm³/mol. The number of thioether (sulfide) groups is 1. The van der Waals surface area contributed by atoms with Crippen LogP contribution in [0.25, 0.3) is 10.2 Å². The molecule has 2 aliphatic heterocycles. The number of hydrogen-bond donors (Lipinski definition) is 0. The fraction of sp³-hybridized carbons (Fsp3) is 0.429. The van der Waals surface area contributed by atoms with E-state index in [-0.39, 0.29) is 11.5 Å². The van der Waals surface area contributed by atoms with Gasteiger partial charge in [-0.3, -0.25) is 14.5 Å². The lowest BCUT2D eigenvalue weighted by Gasteiger charge is -2.34. The molecule has 156 valence electrons. The molecule has 0 N–H and O–H groups in total. The molecule has 2 aromatic heterocycles. The van der Waals surface area contributed by atoms with Crippen molar-refractivity contribution < 1.29 is 4.79 Å². The molecule has 0 saturated carbocycles. The maximum absolute atomic E-state index is 12.9. The summed E-state index contributed by atoms with van der Waals surface area (Å²) in [6, 6.07) is 7.47. The summed E-state index contributed by atoms with van der Waals surface area (Å²) in [4.78, 5) is 33.7. The Kier molecular flexibility index (Phi) is 5.58. The van der Waals surface area contributed by atoms with Gasteiger partial charge < -0.3 is 4.90 Å². The van der Waals surface area contributed by atoms with Gasteiger partial charge in [-0.25, -0.2) is 9.67 Å². The Morgan fingerprint density at radius 2 is 1.97 bits per heavy atom. The molecule has 1 saturated heterocycles. The molecule has 7 nitrogen and oxygen atoms in total. The highest BCUT2D eigenvalue weighted by Crippen LogP contribution is 2.22. The van der Waals surface area contributed by atoms with Crippen molar-refractivity contribution in [3.8, 4) is 0 Å². The molecule has 0 aliphatic carbocycles. The fourth-order valence-electron chi connectivity index (χ4n) is 3.99. The molecular formula is C21H23N5O2S2.